The Hall–Kier alpha value is -0.520. The largest absolute Gasteiger partial charge is 0.384 e. The van der Waals surface area contributed by atoms with Crippen molar-refractivity contribution >= 4 is 0 Å². The molecule has 0 aliphatic heterocycles. The number of hydrogen-bond acceptors (Lipinski definition) is 2. The molecule has 64 valence electrons. The molecule has 0 radical (unpaired) electrons. The number of aliphatic hydroxyl groups excluding tert-OH is 1. The first-order valence-corrected chi connectivity index (χ1v) is 3.64. The molecule has 0 fully saturated rings. The molecule has 0 aromatic rings. The highest BCUT2D eigenvalue weighted by Crippen LogP contribution is 2.28. The van der Waals surface area contributed by atoms with E-state index < -0.39 is 5.60 Å². The Labute approximate surface area is 68.2 Å². The number of rotatable bonds is 0. The Kier molecular flexibility index (Phi) is 3.10. The van der Waals surface area contributed by atoms with E-state index in [4.69, 9.17) is 5.11 Å². The molecule has 0 aliphatic rings. The Bertz CT molecular complexity index is 176. The lowest BCUT2D eigenvalue weighted by Gasteiger charge is -2.32. The fourth-order valence-electron chi connectivity index (χ4n) is 0.399. The van der Waals surface area contributed by atoms with Crippen molar-refractivity contribution in [3.8, 4) is 11.8 Å². The standard InChI is InChI=1S/C9H16O2/c1-8(2,3)9(4,11)6-5-7-10/h10-11H,7H2,1-4H3. The van der Waals surface area contributed by atoms with Crippen LogP contribution in [-0.4, -0.2) is 22.4 Å². The third kappa shape index (κ3) is 2.92. The van der Waals surface area contributed by atoms with Gasteiger partial charge in [-0.05, 0) is 6.92 Å². The lowest BCUT2D eigenvalue weighted by atomic mass is 9.78. The fraction of sp³-hybridized carbons (Fsp3) is 0.778. The second-order valence-electron chi connectivity index (χ2n) is 3.78. The molecule has 0 rings (SSSR count). The van der Waals surface area contributed by atoms with Gasteiger partial charge in [-0.15, -0.1) is 0 Å². The van der Waals surface area contributed by atoms with Gasteiger partial charge in [0.05, 0.1) is 0 Å². The Morgan fingerprint density at radius 1 is 1.18 bits per heavy atom. The van der Waals surface area contributed by atoms with E-state index >= 15 is 0 Å². The minimum absolute atomic E-state index is 0.202. The van der Waals surface area contributed by atoms with Gasteiger partial charge >= 0.3 is 0 Å². The second kappa shape index (κ2) is 3.25. The summed E-state index contributed by atoms with van der Waals surface area (Å²) in [6.45, 7) is 7.15. The molecule has 0 saturated heterocycles. The van der Waals surface area contributed by atoms with Crippen molar-refractivity contribution in [1.29, 1.82) is 0 Å². The van der Waals surface area contributed by atoms with Crippen LogP contribution < -0.4 is 0 Å². The summed E-state index contributed by atoms with van der Waals surface area (Å²) in [4.78, 5) is 0. The van der Waals surface area contributed by atoms with Gasteiger partial charge in [0.2, 0.25) is 0 Å². The minimum atomic E-state index is -1.03. The number of aliphatic hydroxyl groups is 2. The van der Waals surface area contributed by atoms with Gasteiger partial charge in [-0.2, -0.15) is 0 Å². The molecule has 11 heavy (non-hydrogen) atoms. The van der Waals surface area contributed by atoms with Gasteiger partial charge in [-0.3, -0.25) is 0 Å². The van der Waals surface area contributed by atoms with Gasteiger partial charge in [-0.25, -0.2) is 0 Å². The first-order valence-electron chi connectivity index (χ1n) is 3.64. The van der Waals surface area contributed by atoms with E-state index in [0.29, 0.717) is 0 Å². The molecule has 0 aromatic heterocycles. The summed E-state index contributed by atoms with van der Waals surface area (Å²) in [5.41, 5.74) is -1.31. The van der Waals surface area contributed by atoms with Crippen LogP contribution in [0.3, 0.4) is 0 Å². The van der Waals surface area contributed by atoms with E-state index in [9.17, 15) is 5.11 Å². The summed E-state index contributed by atoms with van der Waals surface area (Å²) in [6, 6.07) is 0. The fourth-order valence-corrected chi connectivity index (χ4v) is 0.399. The molecule has 1 atom stereocenters. The normalized spacial score (nSPS) is 16.5. The lowest BCUT2D eigenvalue weighted by Crippen LogP contribution is -2.38. The molecular weight excluding hydrogens is 140 g/mol. The van der Waals surface area contributed by atoms with Crippen LogP contribution in [0, 0.1) is 17.3 Å². The van der Waals surface area contributed by atoms with Gasteiger partial charge in [0.15, 0.2) is 0 Å². The van der Waals surface area contributed by atoms with E-state index in [2.05, 4.69) is 11.8 Å². The minimum Gasteiger partial charge on any atom is -0.384 e. The number of hydrogen-bond donors (Lipinski definition) is 2. The summed E-state index contributed by atoms with van der Waals surface area (Å²) < 4.78 is 0. The van der Waals surface area contributed by atoms with Gasteiger partial charge in [0, 0.05) is 5.41 Å². The second-order valence-corrected chi connectivity index (χ2v) is 3.78. The SMILES string of the molecule is CC(C)(C)C(C)(O)C#CCO. The smallest absolute Gasteiger partial charge is 0.127 e. The molecule has 2 nitrogen and oxygen atoms in total. The summed E-state index contributed by atoms with van der Waals surface area (Å²) in [7, 11) is 0. The maximum absolute atomic E-state index is 9.70. The maximum Gasteiger partial charge on any atom is 0.127 e. The van der Waals surface area contributed by atoms with Gasteiger partial charge in [0.25, 0.3) is 0 Å². The van der Waals surface area contributed by atoms with Crippen LogP contribution in [0.15, 0.2) is 0 Å². The van der Waals surface area contributed by atoms with Crippen LogP contribution >= 0.6 is 0 Å². The van der Waals surface area contributed by atoms with Crippen molar-refractivity contribution < 1.29 is 10.2 Å². The summed E-state index contributed by atoms with van der Waals surface area (Å²) >= 11 is 0. The molecule has 0 aromatic carbocycles. The molecule has 2 N–H and O–H groups in total. The molecule has 0 spiro atoms. The van der Waals surface area contributed by atoms with Crippen molar-refractivity contribution in [3.63, 3.8) is 0 Å². The molecular formula is C9H16O2. The lowest BCUT2D eigenvalue weighted by molar-refractivity contribution is 0.0127. The van der Waals surface area contributed by atoms with Crippen LogP contribution in [0.4, 0.5) is 0 Å². The van der Waals surface area contributed by atoms with Crippen LogP contribution in [0.25, 0.3) is 0 Å². The molecule has 0 amide bonds. The van der Waals surface area contributed by atoms with Crippen molar-refractivity contribution in [3.05, 3.63) is 0 Å². The zero-order chi connectivity index (χ0) is 9.12. The molecule has 2 heteroatoms. The zero-order valence-corrected chi connectivity index (χ0v) is 7.60. The Morgan fingerprint density at radius 3 is 1.91 bits per heavy atom. The topological polar surface area (TPSA) is 40.5 Å². The highest BCUT2D eigenvalue weighted by atomic mass is 16.3. The van der Waals surface area contributed by atoms with E-state index in [-0.39, 0.29) is 12.0 Å². The predicted molar refractivity (Wildman–Crippen MR) is 44.9 cm³/mol. The maximum atomic E-state index is 9.70. The molecule has 0 saturated carbocycles. The van der Waals surface area contributed by atoms with Gasteiger partial charge in [-0.1, -0.05) is 32.6 Å². The Morgan fingerprint density at radius 2 is 1.64 bits per heavy atom. The van der Waals surface area contributed by atoms with Crippen LogP contribution in [0.2, 0.25) is 0 Å². The average molecular weight is 156 g/mol. The molecule has 1 unspecified atom stereocenters. The van der Waals surface area contributed by atoms with E-state index in [1.807, 2.05) is 20.8 Å². The predicted octanol–water partition coefficient (Wildman–Crippen LogP) is 0.779. The van der Waals surface area contributed by atoms with Crippen molar-refractivity contribution in [2.45, 2.75) is 33.3 Å². The van der Waals surface area contributed by atoms with E-state index in [1.54, 1.807) is 6.92 Å². The molecule has 0 aliphatic carbocycles. The van der Waals surface area contributed by atoms with Crippen LogP contribution in [-0.2, 0) is 0 Å². The van der Waals surface area contributed by atoms with Crippen LogP contribution in [0.5, 0.6) is 0 Å². The third-order valence-corrected chi connectivity index (χ3v) is 1.87. The third-order valence-electron chi connectivity index (χ3n) is 1.87. The quantitative estimate of drug-likeness (QED) is 0.509. The van der Waals surface area contributed by atoms with Crippen LogP contribution in [0.1, 0.15) is 27.7 Å². The molecule has 0 heterocycles. The highest BCUT2D eigenvalue weighted by molar-refractivity contribution is 5.16. The van der Waals surface area contributed by atoms with Crippen molar-refractivity contribution in [2.75, 3.05) is 6.61 Å². The van der Waals surface area contributed by atoms with Gasteiger partial charge < -0.3 is 10.2 Å². The average Bonchev–Trinajstić information content (AvgIpc) is 1.81. The highest BCUT2D eigenvalue weighted by Gasteiger charge is 2.33. The van der Waals surface area contributed by atoms with Crippen molar-refractivity contribution in [1.82, 2.24) is 0 Å². The monoisotopic (exact) mass is 156 g/mol. The zero-order valence-electron chi connectivity index (χ0n) is 7.60. The Balaban J connectivity index is 4.47. The summed E-state index contributed by atoms with van der Waals surface area (Å²) in [5, 5.41) is 18.1. The first-order chi connectivity index (χ1) is 4.81. The summed E-state index contributed by atoms with van der Waals surface area (Å²) in [6.07, 6.45) is 0. The summed E-state index contributed by atoms with van der Waals surface area (Å²) in [5.74, 6) is 5.05. The van der Waals surface area contributed by atoms with Crippen molar-refractivity contribution in [2.24, 2.45) is 5.41 Å². The van der Waals surface area contributed by atoms with E-state index in [1.165, 1.54) is 0 Å². The van der Waals surface area contributed by atoms with E-state index in [0.717, 1.165) is 0 Å². The first kappa shape index (κ1) is 10.5. The van der Waals surface area contributed by atoms with Gasteiger partial charge in [0.1, 0.15) is 12.2 Å². The molecule has 0 bridgehead atoms.